The largest absolute Gasteiger partial charge is 0.504 e. The van der Waals surface area contributed by atoms with Crippen molar-refractivity contribution in [3.63, 3.8) is 0 Å². The zero-order chi connectivity index (χ0) is 21.4. The predicted molar refractivity (Wildman–Crippen MR) is 128 cm³/mol. The molecular weight excluding hydrogens is 404 g/mol. The molecule has 5 rings (SSSR count). The molecule has 0 saturated heterocycles. The van der Waals surface area contributed by atoms with Crippen LogP contribution < -0.4 is 4.74 Å². The molecule has 0 radical (unpaired) electrons. The molecule has 0 saturated carbocycles. The predicted octanol–water partition coefficient (Wildman–Crippen LogP) is 5.14. The van der Waals surface area contributed by atoms with Crippen LogP contribution in [0.25, 0.3) is 10.9 Å². The molecule has 4 aromatic rings. The van der Waals surface area contributed by atoms with Crippen LogP contribution in [0.15, 0.2) is 72.8 Å². The summed E-state index contributed by atoms with van der Waals surface area (Å²) in [5.41, 5.74) is 5.96. The fraction of sp³-hybridized carbons (Fsp3) is 0.192. The second-order valence-corrected chi connectivity index (χ2v) is 8.29. The summed E-state index contributed by atoms with van der Waals surface area (Å²) in [6.07, 6.45) is 0.967. The number of aromatic hydroxyl groups is 1. The molecule has 5 heteroatoms. The van der Waals surface area contributed by atoms with Crippen molar-refractivity contribution in [1.29, 1.82) is 0 Å². The molecule has 2 heterocycles. The van der Waals surface area contributed by atoms with Gasteiger partial charge in [0.25, 0.3) is 0 Å². The molecule has 0 aliphatic carbocycles. The zero-order valence-corrected chi connectivity index (χ0v) is 18.2. The van der Waals surface area contributed by atoms with Crippen molar-refractivity contribution >= 4 is 28.1 Å². The SMILES string of the molecule is COc1cc(Cn2c3c(c4ccccc42)CCN(Cc2ccccc2)C3=S)ccc1O. The first-order valence-electron chi connectivity index (χ1n) is 10.4. The van der Waals surface area contributed by atoms with Crippen LogP contribution in [0.5, 0.6) is 11.5 Å². The quantitative estimate of drug-likeness (QED) is 0.447. The van der Waals surface area contributed by atoms with Crippen LogP contribution in [-0.4, -0.2) is 33.2 Å². The Kier molecular flexibility index (Phi) is 5.12. The maximum atomic E-state index is 9.98. The highest BCUT2D eigenvalue weighted by molar-refractivity contribution is 7.80. The summed E-state index contributed by atoms with van der Waals surface area (Å²) in [5, 5.41) is 11.3. The van der Waals surface area contributed by atoms with Gasteiger partial charge in [0.2, 0.25) is 0 Å². The molecule has 156 valence electrons. The third kappa shape index (κ3) is 3.55. The monoisotopic (exact) mass is 428 g/mol. The van der Waals surface area contributed by atoms with E-state index in [1.165, 1.54) is 22.0 Å². The van der Waals surface area contributed by atoms with Gasteiger partial charge in [0.1, 0.15) is 4.99 Å². The van der Waals surface area contributed by atoms with E-state index in [2.05, 4.69) is 58.0 Å². The third-order valence-electron chi connectivity index (χ3n) is 6.00. The number of phenolic OH excluding ortho intramolecular Hbond substituents is 1. The number of benzene rings is 3. The maximum absolute atomic E-state index is 9.98. The first kappa shape index (κ1) is 19.6. The van der Waals surface area contributed by atoms with Gasteiger partial charge in [-0.3, -0.25) is 0 Å². The van der Waals surface area contributed by atoms with Gasteiger partial charge in [-0.05, 0) is 41.3 Å². The van der Waals surface area contributed by atoms with Crippen LogP contribution >= 0.6 is 12.2 Å². The van der Waals surface area contributed by atoms with Crippen molar-refractivity contribution < 1.29 is 9.84 Å². The molecule has 1 aromatic heterocycles. The lowest BCUT2D eigenvalue weighted by molar-refractivity contribution is 0.373. The van der Waals surface area contributed by atoms with E-state index in [1.807, 2.05) is 18.2 Å². The van der Waals surface area contributed by atoms with Gasteiger partial charge in [0.05, 0.1) is 12.8 Å². The number of rotatable bonds is 5. The summed E-state index contributed by atoms with van der Waals surface area (Å²) in [5.74, 6) is 0.631. The van der Waals surface area contributed by atoms with Crippen molar-refractivity contribution in [3.05, 3.63) is 95.2 Å². The number of thiocarbonyl (C=S) groups is 1. The summed E-state index contributed by atoms with van der Waals surface area (Å²) in [4.78, 5) is 3.20. The highest BCUT2D eigenvalue weighted by Crippen LogP contribution is 2.34. The number of methoxy groups -OCH3 is 1. The Morgan fingerprint density at radius 2 is 1.71 bits per heavy atom. The normalized spacial score (nSPS) is 13.5. The van der Waals surface area contributed by atoms with Crippen LogP contribution in [0.3, 0.4) is 0 Å². The van der Waals surface area contributed by atoms with Gasteiger partial charge in [-0.15, -0.1) is 0 Å². The van der Waals surface area contributed by atoms with Crippen LogP contribution in [-0.2, 0) is 19.5 Å². The Morgan fingerprint density at radius 3 is 2.52 bits per heavy atom. The van der Waals surface area contributed by atoms with Crippen molar-refractivity contribution in [1.82, 2.24) is 9.47 Å². The molecule has 0 fully saturated rings. The minimum atomic E-state index is 0.148. The Hall–Kier alpha value is -3.31. The van der Waals surface area contributed by atoms with E-state index in [0.717, 1.165) is 35.8 Å². The second-order valence-electron chi connectivity index (χ2n) is 7.90. The topological polar surface area (TPSA) is 37.6 Å². The molecule has 4 nitrogen and oxygen atoms in total. The van der Waals surface area contributed by atoms with Crippen LogP contribution in [0.2, 0.25) is 0 Å². The standard InChI is InChI=1S/C26H24N2O2S/c1-30-24-15-19(11-12-23(24)29)17-28-22-10-6-5-9-20(22)21-13-14-27(26(31)25(21)28)16-18-7-3-2-4-8-18/h2-12,15,29H,13-14,16-17H2,1H3. The number of hydrogen-bond donors (Lipinski definition) is 1. The molecule has 3 aromatic carbocycles. The second kappa shape index (κ2) is 8.08. The van der Waals surface area contributed by atoms with E-state index < -0.39 is 0 Å². The van der Waals surface area contributed by atoms with Gasteiger partial charge < -0.3 is 19.3 Å². The van der Waals surface area contributed by atoms with Crippen LogP contribution in [0, 0.1) is 0 Å². The molecule has 0 bridgehead atoms. The zero-order valence-electron chi connectivity index (χ0n) is 17.4. The lowest BCUT2D eigenvalue weighted by atomic mass is 10.0. The van der Waals surface area contributed by atoms with E-state index in [9.17, 15) is 5.11 Å². The molecule has 0 amide bonds. The lowest BCUT2D eigenvalue weighted by Gasteiger charge is -2.31. The van der Waals surface area contributed by atoms with Crippen LogP contribution in [0.1, 0.15) is 22.4 Å². The van der Waals surface area contributed by atoms with E-state index in [-0.39, 0.29) is 5.75 Å². The lowest BCUT2D eigenvalue weighted by Crippen LogP contribution is -2.37. The van der Waals surface area contributed by atoms with Gasteiger partial charge in [0.15, 0.2) is 11.5 Å². The molecule has 1 aliphatic heterocycles. The first-order valence-corrected chi connectivity index (χ1v) is 10.9. The van der Waals surface area contributed by atoms with Gasteiger partial charge in [-0.25, -0.2) is 0 Å². The number of phenols is 1. The third-order valence-corrected chi connectivity index (χ3v) is 6.45. The summed E-state index contributed by atoms with van der Waals surface area (Å²) in [6.45, 7) is 2.39. The first-order chi connectivity index (χ1) is 15.2. The fourth-order valence-corrected chi connectivity index (χ4v) is 4.88. The van der Waals surface area contributed by atoms with Gasteiger partial charge in [-0.2, -0.15) is 0 Å². The van der Waals surface area contributed by atoms with Crippen LogP contribution in [0.4, 0.5) is 0 Å². The molecule has 0 spiro atoms. The van der Waals surface area contributed by atoms with E-state index in [1.54, 1.807) is 13.2 Å². The molecule has 0 atom stereocenters. The van der Waals surface area contributed by atoms with Crippen molar-refractivity contribution in [2.75, 3.05) is 13.7 Å². The summed E-state index contributed by atoms with van der Waals surface area (Å²) >= 11 is 6.04. The van der Waals surface area contributed by atoms with E-state index >= 15 is 0 Å². The smallest absolute Gasteiger partial charge is 0.160 e. The number of aromatic nitrogens is 1. The average molecular weight is 429 g/mol. The molecule has 1 aliphatic rings. The van der Waals surface area contributed by atoms with Crippen molar-refractivity contribution in [2.45, 2.75) is 19.5 Å². The highest BCUT2D eigenvalue weighted by Gasteiger charge is 2.28. The Balaban J connectivity index is 1.57. The van der Waals surface area contributed by atoms with Crippen molar-refractivity contribution in [2.24, 2.45) is 0 Å². The molecular formula is C26H24N2O2S. The van der Waals surface area contributed by atoms with E-state index in [4.69, 9.17) is 17.0 Å². The summed E-state index contributed by atoms with van der Waals surface area (Å²) in [6, 6.07) is 24.5. The maximum Gasteiger partial charge on any atom is 0.160 e. The summed E-state index contributed by atoms with van der Waals surface area (Å²) < 4.78 is 7.63. The summed E-state index contributed by atoms with van der Waals surface area (Å²) in [7, 11) is 1.57. The van der Waals surface area contributed by atoms with Gasteiger partial charge in [0, 0.05) is 30.5 Å². The molecule has 0 unspecified atom stereocenters. The van der Waals surface area contributed by atoms with E-state index in [0.29, 0.717) is 12.3 Å². The fourth-order valence-electron chi connectivity index (χ4n) is 4.49. The average Bonchev–Trinajstić information content (AvgIpc) is 3.12. The number of para-hydroxylation sites is 1. The Morgan fingerprint density at radius 1 is 0.935 bits per heavy atom. The van der Waals surface area contributed by atoms with Gasteiger partial charge >= 0.3 is 0 Å². The minimum absolute atomic E-state index is 0.148. The number of hydrogen-bond acceptors (Lipinski definition) is 3. The number of nitrogens with zero attached hydrogens (tertiary/aromatic N) is 2. The number of ether oxygens (including phenoxy) is 1. The van der Waals surface area contributed by atoms with Crippen molar-refractivity contribution in [3.8, 4) is 11.5 Å². The Bertz CT molecular complexity index is 1260. The minimum Gasteiger partial charge on any atom is -0.504 e. The number of fused-ring (bicyclic) bond motifs is 3. The Labute approximate surface area is 187 Å². The van der Waals surface area contributed by atoms with Gasteiger partial charge in [-0.1, -0.05) is 66.8 Å². The molecule has 31 heavy (non-hydrogen) atoms. The molecule has 1 N–H and O–H groups in total. The highest BCUT2D eigenvalue weighted by atomic mass is 32.1.